The van der Waals surface area contributed by atoms with Gasteiger partial charge in [-0.05, 0) is 0 Å². The van der Waals surface area contributed by atoms with Gasteiger partial charge in [-0.3, -0.25) is 9.59 Å². The molecule has 10 N–H and O–H groups in total. The van der Waals surface area contributed by atoms with Crippen LogP contribution in [0.1, 0.15) is 12.8 Å². The fourth-order valence-electron chi connectivity index (χ4n) is 1.30. The van der Waals surface area contributed by atoms with Crippen LogP contribution in [-0.2, 0) is 9.59 Å². The van der Waals surface area contributed by atoms with Crippen LogP contribution in [0.4, 0.5) is 0 Å². The number of nitrogens with two attached hydrogens (primary N) is 4. The van der Waals surface area contributed by atoms with Crippen LogP contribution in [0.2, 0.25) is 0 Å². The van der Waals surface area contributed by atoms with Gasteiger partial charge in [-0.25, -0.2) is 0 Å². The third-order valence-electron chi connectivity index (χ3n) is 2.67. The lowest BCUT2D eigenvalue weighted by Gasteiger charge is -2.17. The molecule has 0 heterocycles. The maximum Gasteiger partial charge on any atom is 0.152 e. The smallest absolute Gasteiger partial charge is 0.152 e. The summed E-state index contributed by atoms with van der Waals surface area (Å²) in [6, 6.07) is -2.23. The Labute approximate surface area is 105 Å². The first kappa shape index (κ1) is 17.1. The van der Waals surface area contributed by atoms with Crippen molar-refractivity contribution < 1.29 is 19.8 Å². The van der Waals surface area contributed by atoms with Gasteiger partial charge in [-0.2, -0.15) is 0 Å². The maximum absolute atomic E-state index is 11.5. The summed E-state index contributed by atoms with van der Waals surface area (Å²) >= 11 is 0. The van der Waals surface area contributed by atoms with E-state index >= 15 is 0 Å². The monoisotopic (exact) mass is 262 g/mol. The molecule has 0 aliphatic carbocycles. The van der Waals surface area contributed by atoms with E-state index < -0.39 is 35.9 Å². The van der Waals surface area contributed by atoms with Crippen LogP contribution < -0.4 is 22.9 Å². The van der Waals surface area contributed by atoms with E-state index in [1.807, 2.05) is 0 Å². The molecule has 0 radical (unpaired) electrons. The van der Waals surface area contributed by atoms with Crippen molar-refractivity contribution in [2.45, 2.75) is 37.1 Å². The zero-order valence-corrected chi connectivity index (χ0v) is 10.2. The predicted octanol–water partition coefficient (Wildman–Crippen LogP) is -3.80. The van der Waals surface area contributed by atoms with Gasteiger partial charge in [0.05, 0.1) is 24.3 Å². The molecule has 0 amide bonds. The second-order valence-electron chi connectivity index (χ2n) is 4.09. The summed E-state index contributed by atoms with van der Waals surface area (Å²) in [6.45, 7) is -0.265. The molecule has 4 atom stereocenters. The van der Waals surface area contributed by atoms with Gasteiger partial charge in [-0.1, -0.05) is 0 Å². The summed E-state index contributed by atoms with van der Waals surface area (Å²) in [4.78, 5) is 23.0. The maximum atomic E-state index is 11.5. The van der Waals surface area contributed by atoms with Gasteiger partial charge >= 0.3 is 0 Å². The first-order chi connectivity index (χ1) is 8.34. The highest BCUT2D eigenvalue weighted by molar-refractivity contribution is 5.91. The van der Waals surface area contributed by atoms with Crippen LogP contribution in [0.25, 0.3) is 0 Å². The van der Waals surface area contributed by atoms with Crippen molar-refractivity contribution in [3.8, 4) is 0 Å². The second kappa shape index (κ2) is 8.25. The molecule has 0 aliphatic rings. The summed E-state index contributed by atoms with van der Waals surface area (Å²) in [5.74, 6) is -0.952. The van der Waals surface area contributed by atoms with Gasteiger partial charge in [0.2, 0.25) is 0 Å². The normalized spacial score (nSPS) is 17.9. The van der Waals surface area contributed by atoms with E-state index in [0.717, 1.165) is 0 Å². The Kier molecular flexibility index (Phi) is 7.83. The SMILES string of the molecule is NCC(O)C(N)C(=O)CCC(=O)C(N)C(O)CN. The first-order valence-electron chi connectivity index (χ1n) is 5.68. The Morgan fingerprint density at radius 1 is 0.833 bits per heavy atom. The molecule has 0 aromatic heterocycles. The number of aliphatic hydroxyl groups excluding tert-OH is 2. The minimum absolute atomic E-state index is 0.133. The molecular weight excluding hydrogens is 240 g/mol. The van der Waals surface area contributed by atoms with Crippen LogP contribution >= 0.6 is 0 Å². The number of carbonyl (C=O) groups excluding carboxylic acids is 2. The largest absolute Gasteiger partial charge is 0.390 e. The Balaban J connectivity index is 4.17. The number of aliphatic hydroxyl groups is 2. The van der Waals surface area contributed by atoms with Crippen molar-refractivity contribution in [3.63, 3.8) is 0 Å². The zero-order chi connectivity index (χ0) is 14.3. The Morgan fingerprint density at radius 3 is 1.33 bits per heavy atom. The molecule has 0 fully saturated rings. The van der Waals surface area contributed by atoms with E-state index in [-0.39, 0.29) is 25.9 Å². The lowest BCUT2D eigenvalue weighted by molar-refractivity contribution is -0.127. The minimum Gasteiger partial charge on any atom is -0.390 e. The number of Topliss-reactive ketones (excluding diaryl/α,β-unsaturated/α-hetero) is 2. The first-order valence-corrected chi connectivity index (χ1v) is 5.68. The van der Waals surface area contributed by atoms with Crippen LogP contribution in [0.15, 0.2) is 0 Å². The van der Waals surface area contributed by atoms with Crippen LogP contribution in [0.3, 0.4) is 0 Å². The van der Waals surface area contributed by atoms with E-state index in [0.29, 0.717) is 0 Å². The summed E-state index contributed by atoms with van der Waals surface area (Å²) in [5, 5.41) is 18.5. The van der Waals surface area contributed by atoms with Gasteiger partial charge in [0, 0.05) is 25.9 Å². The van der Waals surface area contributed by atoms with Crippen molar-refractivity contribution in [3.05, 3.63) is 0 Å². The van der Waals surface area contributed by atoms with Gasteiger partial charge in [0.25, 0.3) is 0 Å². The molecule has 0 saturated carbocycles. The Hall–Kier alpha value is -0.900. The topological polar surface area (TPSA) is 179 Å². The van der Waals surface area contributed by atoms with Crippen molar-refractivity contribution >= 4 is 11.6 Å². The van der Waals surface area contributed by atoms with Crippen LogP contribution in [-0.4, -0.2) is 59.2 Å². The standard InChI is InChI=1S/C10H22N4O4/c11-3-7(17)9(13)5(15)1-2-6(16)10(14)8(18)4-12/h7-10,17-18H,1-4,11-14H2. The molecule has 0 aromatic rings. The average Bonchev–Trinajstić information content (AvgIpc) is 2.40. The van der Waals surface area contributed by atoms with Crippen molar-refractivity contribution in [1.29, 1.82) is 0 Å². The highest BCUT2D eigenvalue weighted by Gasteiger charge is 2.25. The number of hydrogen-bond donors (Lipinski definition) is 6. The van der Waals surface area contributed by atoms with E-state index in [9.17, 15) is 19.8 Å². The number of carbonyl (C=O) groups is 2. The molecule has 8 heteroatoms. The lowest BCUT2D eigenvalue weighted by atomic mass is 9.98. The molecule has 0 aliphatic heterocycles. The summed E-state index contributed by atoms with van der Waals surface area (Å²) in [6.07, 6.45) is -2.56. The summed E-state index contributed by atoms with van der Waals surface area (Å²) in [7, 11) is 0. The second-order valence-corrected chi connectivity index (χ2v) is 4.09. The number of hydrogen-bond acceptors (Lipinski definition) is 8. The predicted molar refractivity (Wildman–Crippen MR) is 65.3 cm³/mol. The molecule has 0 rings (SSSR count). The number of rotatable bonds is 9. The highest BCUT2D eigenvalue weighted by Crippen LogP contribution is 2.02. The molecule has 106 valence electrons. The van der Waals surface area contributed by atoms with Crippen LogP contribution in [0, 0.1) is 0 Å². The summed E-state index contributed by atoms with van der Waals surface area (Å²) in [5.41, 5.74) is 21.2. The highest BCUT2D eigenvalue weighted by atomic mass is 16.3. The molecular formula is C10H22N4O4. The molecule has 18 heavy (non-hydrogen) atoms. The molecule has 0 spiro atoms. The van der Waals surface area contributed by atoms with E-state index in [1.54, 1.807) is 0 Å². The van der Waals surface area contributed by atoms with Crippen LogP contribution in [0.5, 0.6) is 0 Å². The molecule has 0 bridgehead atoms. The van der Waals surface area contributed by atoms with Gasteiger partial charge < -0.3 is 33.1 Å². The third kappa shape index (κ3) is 5.17. The van der Waals surface area contributed by atoms with E-state index in [4.69, 9.17) is 22.9 Å². The molecule has 8 nitrogen and oxygen atoms in total. The zero-order valence-electron chi connectivity index (χ0n) is 10.2. The fraction of sp³-hybridized carbons (Fsp3) is 0.800. The van der Waals surface area contributed by atoms with Crippen molar-refractivity contribution in [2.24, 2.45) is 22.9 Å². The van der Waals surface area contributed by atoms with Crippen molar-refractivity contribution in [1.82, 2.24) is 0 Å². The minimum atomic E-state index is -1.13. The van der Waals surface area contributed by atoms with Crippen molar-refractivity contribution in [2.75, 3.05) is 13.1 Å². The van der Waals surface area contributed by atoms with Gasteiger partial charge in [0.15, 0.2) is 11.6 Å². The quantitative estimate of drug-likeness (QED) is 0.245. The number of ketones is 2. The Bertz CT molecular complexity index is 259. The average molecular weight is 262 g/mol. The Morgan fingerprint density at radius 2 is 1.11 bits per heavy atom. The third-order valence-corrected chi connectivity index (χ3v) is 2.67. The molecule has 0 aromatic carbocycles. The van der Waals surface area contributed by atoms with Gasteiger partial charge in [0.1, 0.15) is 0 Å². The van der Waals surface area contributed by atoms with Gasteiger partial charge in [-0.15, -0.1) is 0 Å². The lowest BCUT2D eigenvalue weighted by Crippen LogP contribution is -2.47. The van der Waals surface area contributed by atoms with E-state index in [2.05, 4.69) is 0 Å². The molecule has 4 unspecified atom stereocenters. The van der Waals surface area contributed by atoms with E-state index in [1.165, 1.54) is 0 Å². The fourth-order valence-corrected chi connectivity index (χ4v) is 1.30. The summed E-state index contributed by atoms with van der Waals surface area (Å²) < 4.78 is 0. The molecule has 0 saturated heterocycles.